The van der Waals surface area contributed by atoms with Crippen molar-refractivity contribution in [3.8, 4) is 0 Å². The highest BCUT2D eigenvalue weighted by molar-refractivity contribution is 6.06. The molecule has 0 amide bonds. The molecule has 0 spiro atoms. The summed E-state index contributed by atoms with van der Waals surface area (Å²) in [6.07, 6.45) is 7.25. The third-order valence-corrected chi connectivity index (χ3v) is 11.9. The van der Waals surface area contributed by atoms with Crippen LogP contribution in [0.15, 0.2) is 24.3 Å². The smallest absolute Gasteiger partial charge is 0.167 e. The maximum atomic E-state index is 13.7. The first-order valence-electron chi connectivity index (χ1n) is 16.0. The number of rotatable bonds is 6. The fourth-order valence-electron chi connectivity index (χ4n) is 9.08. The Kier molecular flexibility index (Phi) is 6.16. The highest BCUT2D eigenvalue weighted by Crippen LogP contribution is 2.61. The van der Waals surface area contributed by atoms with Crippen LogP contribution in [0.2, 0.25) is 0 Å². The topological polar surface area (TPSA) is 17.1 Å². The zero-order valence-corrected chi connectivity index (χ0v) is 26.4. The molecule has 0 aliphatic heterocycles. The summed E-state index contributed by atoms with van der Waals surface area (Å²) in [6.45, 7) is 23.9. The first kappa shape index (κ1) is 27.3. The fraction of sp³-hybridized carbons (Fsp3) is 0.658. The van der Waals surface area contributed by atoms with Crippen molar-refractivity contribution in [2.24, 2.45) is 11.8 Å². The summed E-state index contributed by atoms with van der Waals surface area (Å²) in [5, 5.41) is 0. The Hall–Kier alpha value is -1.89. The SMILES string of the molecule is CC(C)c1ccc(C(C)(C)CCC(C)(C)c2ccc(C(C)(C)C)c3c2C(=O)C2CCC32)c2c1C(C)C1CCC21. The molecule has 2 fully saturated rings. The zero-order chi connectivity index (χ0) is 28.2. The van der Waals surface area contributed by atoms with E-state index in [0.29, 0.717) is 23.5 Å². The third-order valence-electron chi connectivity index (χ3n) is 11.9. The third kappa shape index (κ3) is 3.95. The van der Waals surface area contributed by atoms with Gasteiger partial charge in [-0.1, -0.05) is 93.5 Å². The number of hydrogen-bond acceptors (Lipinski definition) is 1. The highest BCUT2D eigenvalue weighted by atomic mass is 16.1. The van der Waals surface area contributed by atoms with Crippen LogP contribution in [-0.4, -0.2) is 5.78 Å². The number of hydrogen-bond donors (Lipinski definition) is 0. The minimum absolute atomic E-state index is 0.0372. The normalized spacial score (nSPS) is 27.6. The van der Waals surface area contributed by atoms with E-state index >= 15 is 0 Å². The van der Waals surface area contributed by atoms with Crippen LogP contribution in [0.25, 0.3) is 0 Å². The van der Waals surface area contributed by atoms with Gasteiger partial charge in [-0.2, -0.15) is 0 Å². The molecule has 0 radical (unpaired) electrons. The first-order valence-corrected chi connectivity index (χ1v) is 16.0. The Morgan fingerprint density at radius 1 is 0.692 bits per heavy atom. The summed E-state index contributed by atoms with van der Waals surface area (Å²) in [6, 6.07) is 9.70. The van der Waals surface area contributed by atoms with Crippen molar-refractivity contribution in [1.29, 1.82) is 0 Å². The van der Waals surface area contributed by atoms with Gasteiger partial charge in [-0.15, -0.1) is 0 Å². The van der Waals surface area contributed by atoms with E-state index in [1.165, 1.54) is 36.0 Å². The lowest BCUT2D eigenvalue weighted by Gasteiger charge is -2.38. The quantitative estimate of drug-likeness (QED) is 0.367. The van der Waals surface area contributed by atoms with E-state index in [0.717, 1.165) is 36.7 Å². The second-order valence-corrected chi connectivity index (χ2v) is 16.4. The van der Waals surface area contributed by atoms with Gasteiger partial charge in [-0.3, -0.25) is 4.79 Å². The average molecular weight is 525 g/mol. The van der Waals surface area contributed by atoms with Crippen molar-refractivity contribution in [2.45, 2.75) is 148 Å². The van der Waals surface area contributed by atoms with Gasteiger partial charge in [0, 0.05) is 11.5 Å². The number of Topliss-reactive ketones (excluding diaryl/α,β-unsaturated/α-hetero) is 1. The largest absolute Gasteiger partial charge is 0.294 e. The summed E-state index contributed by atoms with van der Waals surface area (Å²) >= 11 is 0. The van der Waals surface area contributed by atoms with Crippen molar-refractivity contribution in [3.63, 3.8) is 0 Å². The van der Waals surface area contributed by atoms with Gasteiger partial charge in [0.1, 0.15) is 0 Å². The molecule has 210 valence electrons. The van der Waals surface area contributed by atoms with E-state index < -0.39 is 0 Å². The molecule has 4 aliphatic rings. The molecule has 0 saturated heterocycles. The standard InChI is InChI=1S/C38H52O/c1-21(2)23-15-16-29(33-25-12-11-24(25)22(3)31(23)33)37(7,8)19-20-38(9,10)30-18-17-28(36(4,5)6)32-26-13-14-27(26)35(39)34(30)32/h15-18,21-22,24-27H,11-14,19-20H2,1-10H3. The molecule has 1 nitrogen and oxygen atoms in total. The Balaban J connectivity index is 1.34. The molecule has 2 saturated carbocycles. The molecule has 0 N–H and O–H groups in total. The molecule has 4 aliphatic carbocycles. The minimum Gasteiger partial charge on any atom is -0.294 e. The predicted molar refractivity (Wildman–Crippen MR) is 165 cm³/mol. The summed E-state index contributed by atoms with van der Waals surface area (Å²) in [5.41, 5.74) is 12.0. The summed E-state index contributed by atoms with van der Waals surface area (Å²) in [5.74, 6) is 4.08. The molecule has 2 aromatic carbocycles. The Bertz CT molecular complexity index is 1330. The van der Waals surface area contributed by atoms with Crippen LogP contribution >= 0.6 is 0 Å². The van der Waals surface area contributed by atoms with Gasteiger partial charge in [0.25, 0.3) is 0 Å². The van der Waals surface area contributed by atoms with E-state index in [1.54, 1.807) is 22.3 Å². The summed E-state index contributed by atoms with van der Waals surface area (Å²) in [7, 11) is 0. The summed E-state index contributed by atoms with van der Waals surface area (Å²) in [4.78, 5) is 13.7. The lowest BCUT2D eigenvalue weighted by atomic mass is 9.66. The number of ketones is 1. The number of carbonyl (C=O) groups is 1. The molecule has 6 rings (SSSR count). The number of fused-ring (bicyclic) bond motifs is 6. The van der Waals surface area contributed by atoms with Gasteiger partial charge in [0.15, 0.2) is 5.78 Å². The van der Waals surface area contributed by atoms with Crippen LogP contribution in [-0.2, 0) is 16.2 Å². The number of benzene rings is 2. The molecule has 5 unspecified atom stereocenters. The Morgan fingerprint density at radius 3 is 1.79 bits per heavy atom. The van der Waals surface area contributed by atoms with Gasteiger partial charge in [-0.05, 0) is 123 Å². The second kappa shape index (κ2) is 8.80. The zero-order valence-electron chi connectivity index (χ0n) is 26.4. The molecular formula is C38H52O. The minimum atomic E-state index is -0.0372. The first-order chi connectivity index (χ1) is 18.1. The lowest BCUT2D eigenvalue weighted by Crippen LogP contribution is -2.28. The molecule has 2 aromatic rings. The van der Waals surface area contributed by atoms with Gasteiger partial charge < -0.3 is 0 Å². The van der Waals surface area contributed by atoms with Crippen molar-refractivity contribution < 1.29 is 4.79 Å². The molecule has 39 heavy (non-hydrogen) atoms. The van der Waals surface area contributed by atoms with E-state index in [-0.39, 0.29) is 22.2 Å². The summed E-state index contributed by atoms with van der Waals surface area (Å²) < 4.78 is 0. The van der Waals surface area contributed by atoms with Gasteiger partial charge >= 0.3 is 0 Å². The van der Waals surface area contributed by atoms with Crippen LogP contribution in [0.3, 0.4) is 0 Å². The molecule has 0 bridgehead atoms. The second-order valence-electron chi connectivity index (χ2n) is 16.4. The lowest BCUT2D eigenvalue weighted by molar-refractivity contribution is 0.0857. The maximum absolute atomic E-state index is 13.7. The highest BCUT2D eigenvalue weighted by Gasteiger charge is 2.51. The molecule has 0 heterocycles. The monoisotopic (exact) mass is 524 g/mol. The molecule has 0 aromatic heterocycles. The van der Waals surface area contributed by atoms with Crippen molar-refractivity contribution >= 4 is 5.78 Å². The van der Waals surface area contributed by atoms with Crippen molar-refractivity contribution in [3.05, 3.63) is 68.8 Å². The van der Waals surface area contributed by atoms with Gasteiger partial charge in [0.2, 0.25) is 0 Å². The Morgan fingerprint density at radius 2 is 1.26 bits per heavy atom. The number of carbonyl (C=O) groups excluding carboxylic acids is 1. The van der Waals surface area contributed by atoms with Crippen molar-refractivity contribution in [2.75, 3.05) is 0 Å². The van der Waals surface area contributed by atoms with E-state index in [1.807, 2.05) is 0 Å². The van der Waals surface area contributed by atoms with E-state index in [4.69, 9.17) is 0 Å². The predicted octanol–water partition coefficient (Wildman–Crippen LogP) is 10.4. The van der Waals surface area contributed by atoms with Crippen LogP contribution < -0.4 is 0 Å². The molecule has 5 atom stereocenters. The van der Waals surface area contributed by atoms with Crippen molar-refractivity contribution in [1.82, 2.24) is 0 Å². The van der Waals surface area contributed by atoms with Gasteiger partial charge in [0.05, 0.1) is 0 Å². The Labute approximate surface area is 238 Å². The van der Waals surface area contributed by atoms with Crippen LogP contribution in [0.5, 0.6) is 0 Å². The maximum Gasteiger partial charge on any atom is 0.167 e. The van der Waals surface area contributed by atoms with Crippen LogP contribution in [0, 0.1) is 11.8 Å². The fourth-order valence-corrected chi connectivity index (χ4v) is 9.08. The average Bonchev–Trinajstić information content (AvgIpc) is 3.11. The molecule has 1 heteroatoms. The molecular weight excluding hydrogens is 472 g/mol. The van der Waals surface area contributed by atoms with E-state index in [2.05, 4.69) is 93.5 Å². The van der Waals surface area contributed by atoms with Crippen LogP contribution in [0.1, 0.15) is 181 Å². The van der Waals surface area contributed by atoms with Crippen LogP contribution in [0.4, 0.5) is 0 Å². The van der Waals surface area contributed by atoms with Gasteiger partial charge in [-0.25, -0.2) is 0 Å². The van der Waals surface area contributed by atoms with E-state index in [9.17, 15) is 4.79 Å².